The van der Waals surface area contributed by atoms with Crippen LogP contribution in [-0.4, -0.2) is 38.7 Å². The largest absolute Gasteiger partial charge is 0.490 e. The first-order valence-electron chi connectivity index (χ1n) is 9.57. The topological polar surface area (TPSA) is 85.9 Å². The summed E-state index contributed by atoms with van der Waals surface area (Å²) in [5.41, 5.74) is 6.24. The maximum absolute atomic E-state index is 12.3. The molecule has 0 fully saturated rings. The van der Waals surface area contributed by atoms with Crippen LogP contribution in [-0.2, 0) is 9.53 Å². The molecule has 1 unspecified atom stereocenters. The molecule has 2 aromatic carbocycles. The number of nitrogens with one attached hydrogen (secondary N) is 2. The van der Waals surface area contributed by atoms with Crippen molar-refractivity contribution in [1.82, 2.24) is 10.9 Å². The van der Waals surface area contributed by atoms with E-state index in [2.05, 4.69) is 24.7 Å². The quantitative estimate of drug-likeness (QED) is 0.473. The van der Waals surface area contributed by atoms with Gasteiger partial charge in [0.25, 0.3) is 11.8 Å². The first-order valence-corrected chi connectivity index (χ1v) is 9.57. The molecule has 0 aliphatic carbocycles. The molecule has 156 valence electrons. The maximum atomic E-state index is 12.3. The van der Waals surface area contributed by atoms with Crippen LogP contribution in [0.2, 0.25) is 0 Å². The normalized spacial score (nSPS) is 11.4. The highest BCUT2D eigenvalue weighted by atomic mass is 16.5. The first-order chi connectivity index (χ1) is 14.0. The van der Waals surface area contributed by atoms with Gasteiger partial charge in [-0.3, -0.25) is 20.4 Å². The van der Waals surface area contributed by atoms with Gasteiger partial charge >= 0.3 is 0 Å². The molecule has 0 radical (unpaired) electrons. The third kappa shape index (κ3) is 7.12. The van der Waals surface area contributed by atoms with E-state index in [0.29, 0.717) is 36.2 Å². The van der Waals surface area contributed by atoms with E-state index in [0.717, 1.165) is 6.42 Å². The van der Waals surface area contributed by atoms with Crippen molar-refractivity contribution in [3.63, 3.8) is 0 Å². The molecule has 2 N–H and O–H groups in total. The van der Waals surface area contributed by atoms with Gasteiger partial charge in [0.15, 0.2) is 6.61 Å². The van der Waals surface area contributed by atoms with E-state index in [9.17, 15) is 9.59 Å². The monoisotopic (exact) mass is 400 g/mol. The number of hydrogen-bond donors (Lipinski definition) is 2. The second-order valence-corrected chi connectivity index (χ2v) is 6.51. The van der Waals surface area contributed by atoms with Crippen molar-refractivity contribution < 1.29 is 23.8 Å². The number of hydrogen-bond acceptors (Lipinski definition) is 5. The van der Waals surface area contributed by atoms with Crippen molar-refractivity contribution >= 4 is 11.8 Å². The predicted molar refractivity (Wildman–Crippen MR) is 110 cm³/mol. The van der Waals surface area contributed by atoms with Gasteiger partial charge in [-0.1, -0.05) is 38.1 Å². The van der Waals surface area contributed by atoms with Crippen LogP contribution in [0.15, 0.2) is 48.5 Å². The van der Waals surface area contributed by atoms with Crippen LogP contribution in [0.25, 0.3) is 0 Å². The smallest absolute Gasteiger partial charge is 0.276 e. The fraction of sp³-hybridized carbons (Fsp3) is 0.364. The molecular weight excluding hydrogens is 372 g/mol. The van der Waals surface area contributed by atoms with Crippen LogP contribution in [0.1, 0.15) is 42.1 Å². The average Bonchev–Trinajstić information content (AvgIpc) is 2.76. The van der Waals surface area contributed by atoms with Crippen LogP contribution < -0.4 is 20.3 Å². The van der Waals surface area contributed by atoms with Crippen molar-refractivity contribution in [3.8, 4) is 11.5 Å². The molecule has 7 nitrogen and oxygen atoms in total. The van der Waals surface area contributed by atoms with Crippen LogP contribution in [0.3, 0.4) is 0 Å². The van der Waals surface area contributed by atoms with Crippen LogP contribution in [0, 0.1) is 0 Å². The summed E-state index contributed by atoms with van der Waals surface area (Å²) in [6.45, 7) is 4.80. The minimum atomic E-state index is -0.482. The number of benzene rings is 2. The first kappa shape index (κ1) is 22.2. The second-order valence-electron chi connectivity index (χ2n) is 6.51. The molecule has 0 heterocycles. The Labute approximate surface area is 171 Å². The minimum Gasteiger partial charge on any atom is -0.490 e. The van der Waals surface area contributed by atoms with Crippen molar-refractivity contribution in [2.75, 3.05) is 26.9 Å². The second kappa shape index (κ2) is 11.7. The lowest BCUT2D eigenvalue weighted by molar-refractivity contribution is -0.123. The number of carbonyl (C=O) groups excluding carboxylic acids is 2. The maximum Gasteiger partial charge on any atom is 0.276 e. The van der Waals surface area contributed by atoms with Crippen LogP contribution >= 0.6 is 0 Å². The Hall–Kier alpha value is -3.06. The zero-order chi connectivity index (χ0) is 21.1. The van der Waals surface area contributed by atoms with Gasteiger partial charge in [0.1, 0.15) is 18.1 Å². The van der Waals surface area contributed by atoms with E-state index in [1.807, 2.05) is 24.3 Å². The average molecular weight is 400 g/mol. The molecule has 0 spiro atoms. The SMILES string of the molecule is CCC(C)c1ccc(OCC(=O)NNC(=O)c2ccccc2OCCOC)cc1. The lowest BCUT2D eigenvalue weighted by Crippen LogP contribution is -2.43. The van der Waals surface area contributed by atoms with Gasteiger partial charge < -0.3 is 14.2 Å². The van der Waals surface area contributed by atoms with Gasteiger partial charge in [-0.15, -0.1) is 0 Å². The molecular formula is C22H28N2O5. The van der Waals surface area contributed by atoms with E-state index in [4.69, 9.17) is 14.2 Å². The van der Waals surface area contributed by atoms with Gasteiger partial charge in [0.2, 0.25) is 0 Å². The molecule has 0 aliphatic rings. The Morgan fingerprint density at radius 3 is 2.38 bits per heavy atom. The third-order valence-electron chi connectivity index (χ3n) is 4.42. The number of methoxy groups -OCH3 is 1. The Kier molecular flexibility index (Phi) is 8.98. The molecule has 0 saturated carbocycles. The van der Waals surface area contributed by atoms with Gasteiger partial charge in [0, 0.05) is 7.11 Å². The molecule has 0 bridgehead atoms. The van der Waals surface area contributed by atoms with Gasteiger partial charge in [-0.25, -0.2) is 0 Å². The summed E-state index contributed by atoms with van der Waals surface area (Å²) < 4.78 is 15.9. The van der Waals surface area contributed by atoms with Crippen molar-refractivity contribution in [1.29, 1.82) is 0 Å². The van der Waals surface area contributed by atoms with Gasteiger partial charge in [-0.05, 0) is 42.2 Å². The zero-order valence-corrected chi connectivity index (χ0v) is 17.1. The fourth-order valence-electron chi connectivity index (χ4n) is 2.52. The van der Waals surface area contributed by atoms with Crippen LogP contribution in [0.4, 0.5) is 0 Å². The molecule has 29 heavy (non-hydrogen) atoms. The van der Waals surface area contributed by atoms with Crippen molar-refractivity contribution in [3.05, 3.63) is 59.7 Å². The summed E-state index contributed by atoms with van der Waals surface area (Å²) in [5, 5.41) is 0. The summed E-state index contributed by atoms with van der Waals surface area (Å²) in [6, 6.07) is 14.4. The van der Waals surface area contributed by atoms with Crippen LogP contribution in [0.5, 0.6) is 11.5 Å². The highest BCUT2D eigenvalue weighted by molar-refractivity contribution is 5.97. The summed E-state index contributed by atoms with van der Waals surface area (Å²) in [7, 11) is 1.57. The number of amides is 2. The summed E-state index contributed by atoms with van der Waals surface area (Å²) in [5.74, 6) is 0.527. The van der Waals surface area contributed by atoms with Crippen molar-refractivity contribution in [2.24, 2.45) is 0 Å². The molecule has 7 heteroatoms. The Morgan fingerprint density at radius 1 is 0.966 bits per heavy atom. The van der Waals surface area contributed by atoms with E-state index < -0.39 is 11.8 Å². The molecule has 2 rings (SSSR count). The van der Waals surface area contributed by atoms with E-state index >= 15 is 0 Å². The molecule has 2 aromatic rings. The zero-order valence-electron chi connectivity index (χ0n) is 17.1. The number of ether oxygens (including phenoxy) is 3. The fourth-order valence-corrected chi connectivity index (χ4v) is 2.52. The Morgan fingerprint density at radius 2 is 1.69 bits per heavy atom. The number of carbonyl (C=O) groups is 2. The number of hydrazine groups is 1. The minimum absolute atomic E-state index is 0.213. The Bertz CT molecular complexity index is 792. The molecule has 0 aliphatic heterocycles. The number of para-hydroxylation sites is 1. The summed E-state index contributed by atoms with van der Waals surface area (Å²) in [6.07, 6.45) is 1.06. The predicted octanol–water partition coefficient (Wildman–Crippen LogP) is 3.07. The van der Waals surface area contributed by atoms with E-state index in [-0.39, 0.29) is 6.61 Å². The lowest BCUT2D eigenvalue weighted by atomic mass is 9.99. The summed E-state index contributed by atoms with van der Waals surface area (Å²) in [4.78, 5) is 24.3. The standard InChI is InChI=1S/C22H28N2O5/c1-4-16(2)17-9-11-18(12-10-17)29-15-21(25)23-24-22(26)19-7-5-6-8-20(19)28-14-13-27-3/h5-12,16H,4,13-15H2,1-3H3,(H,23,25)(H,24,26). The van der Waals surface area contributed by atoms with E-state index in [1.165, 1.54) is 5.56 Å². The van der Waals surface area contributed by atoms with E-state index in [1.54, 1.807) is 31.4 Å². The third-order valence-corrected chi connectivity index (χ3v) is 4.42. The number of rotatable bonds is 10. The Balaban J connectivity index is 1.81. The molecule has 1 atom stereocenters. The lowest BCUT2D eigenvalue weighted by Gasteiger charge is -2.13. The van der Waals surface area contributed by atoms with Gasteiger partial charge in [0.05, 0.1) is 12.2 Å². The summed E-state index contributed by atoms with van der Waals surface area (Å²) >= 11 is 0. The molecule has 0 aromatic heterocycles. The molecule has 2 amide bonds. The highest BCUT2D eigenvalue weighted by Crippen LogP contribution is 2.21. The van der Waals surface area contributed by atoms with Crippen molar-refractivity contribution in [2.45, 2.75) is 26.2 Å². The highest BCUT2D eigenvalue weighted by Gasteiger charge is 2.13. The molecule has 0 saturated heterocycles. The van der Waals surface area contributed by atoms with Gasteiger partial charge in [-0.2, -0.15) is 0 Å².